The third-order valence-electron chi connectivity index (χ3n) is 2.61. The average molecular weight is 181 g/mol. The van der Waals surface area contributed by atoms with Crippen LogP contribution in [0.15, 0.2) is 4.99 Å². The Morgan fingerprint density at radius 2 is 1.62 bits per heavy atom. The van der Waals surface area contributed by atoms with Crippen LogP contribution in [0.1, 0.15) is 44.9 Å². The van der Waals surface area contributed by atoms with Gasteiger partial charge in [-0.2, -0.15) is 0 Å². The molecule has 1 rings (SSSR count). The Labute approximate surface area is 78.2 Å². The fourth-order valence-electron chi connectivity index (χ4n) is 1.84. The fourth-order valence-corrected chi connectivity index (χ4v) is 1.84. The molecule has 0 spiro atoms. The SMILES string of the molecule is O=C=NC(=O)C1CCCCCCC1. The van der Waals surface area contributed by atoms with Crippen LogP contribution < -0.4 is 0 Å². The number of aliphatic imine (C=N–C) groups is 1. The van der Waals surface area contributed by atoms with Gasteiger partial charge in [0.15, 0.2) is 0 Å². The standard InChI is InChI=1S/C10H15NO2/c12-8-11-10(13)9-6-4-2-1-3-5-7-9/h9H,1-7H2. The molecule has 72 valence electrons. The zero-order valence-corrected chi connectivity index (χ0v) is 7.79. The molecule has 0 aromatic carbocycles. The summed E-state index contributed by atoms with van der Waals surface area (Å²) in [5, 5.41) is 0. The predicted octanol–water partition coefficient (Wildman–Crippen LogP) is 2.21. The summed E-state index contributed by atoms with van der Waals surface area (Å²) in [5.41, 5.74) is 0. The van der Waals surface area contributed by atoms with Gasteiger partial charge in [-0.15, -0.1) is 4.99 Å². The molecule has 0 bridgehead atoms. The van der Waals surface area contributed by atoms with Crippen LogP contribution in [0.5, 0.6) is 0 Å². The molecule has 0 atom stereocenters. The summed E-state index contributed by atoms with van der Waals surface area (Å²) in [6.45, 7) is 0. The van der Waals surface area contributed by atoms with Gasteiger partial charge < -0.3 is 0 Å². The van der Waals surface area contributed by atoms with Crippen LogP contribution in [0, 0.1) is 5.92 Å². The molecule has 1 aliphatic rings. The number of rotatable bonds is 1. The third-order valence-corrected chi connectivity index (χ3v) is 2.61. The van der Waals surface area contributed by atoms with Crippen LogP contribution in [0.2, 0.25) is 0 Å². The summed E-state index contributed by atoms with van der Waals surface area (Å²) in [7, 11) is 0. The highest BCUT2D eigenvalue weighted by atomic mass is 16.2. The summed E-state index contributed by atoms with van der Waals surface area (Å²) >= 11 is 0. The monoisotopic (exact) mass is 181 g/mol. The van der Waals surface area contributed by atoms with Crippen LogP contribution >= 0.6 is 0 Å². The Bertz CT molecular complexity index is 211. The number of amides is 1. The van der Waals surface area contributed by atoms with Crippen LogP contribution in [0.3, 0.4) is 0 Å². The van der Waals surface area contributed by atoms with E-state index in [-0.39, 0.29) is 11.8 Å². The highest BCUT2D eigenvalue weighted by Gasteiger charge is 2.18. The van der Waals surface area contributed by atoms with E-state index < -0.39 is 0 Å². The Kier molecular flexibility index (Phi) is 4.41. The highest BCUT2D eigenvalue weighted by molar-refractivity contribution is 5.83. The Morgan fingerprint density at radius 1 is 1.08 bits per heavy atom. The van der Waals surface area contributed by atoms with Crippen molar-refractivity contribution in [3.8, 4) is 0 Å². The van der Waals surface area contributed by atoms with Gasteiger partial charge in [-0.05, 0) is 12.8 Å². The van der Waals surface area contributed by atoms with Gasteiger partial charge in [0.1, 0.15) is 0 Å². The van der Waals surface area contributed by atoms with Gasteiger partial charge in [0, 0.05) is 5.92 Å². The van der Waals surface area contributed by atoms with Gasteiger partial charge in [0.05, 0.1) is 0 Å². The number of isocyanates is 1. The lowest BCUT2D eigenvalue weighted by atomic mass is 9.91. The topological polar surface area (TPSA) is 46.5 Å². The molecular formula is C10H15NO2. The van der Waals surface area contributed by atoms with Crippen molar-refractivity contribution < 1.29 is 9.59 Å². The first-order chi connectivity index (χ1) is 6.34. The molecule has 0 aromatic heterocycles. The van der Waals surface area contributed by atoms with E-state index in [0.717, 1.165) is 25.7 Å². The summed E-state index contributed by atoms with van der Waals surface area (Å²) in [4.78, 5) is 24.3. The normalized spacial score (nSPS) is 19.7. The largest absolute Gasteiger partial charge is 0.271 e. The number of hydrogen-bond acceptors (Lipinski definition) is 2. The van der Waals surface area contributed by atoms with Gasteiger partial charge in [-0.1, -0.05) is 32.1 Å². The lowest BCUT2D eigenvalue weighted by Crippen LogP contribution is -2.13. The Balaban J connectivity index is 2.45. The molecule has 0 heterocycles. The highest BCUT2D eigenvalue weighted by Crippen LogP contribution is 2.22. The minimum atomic E-state index is -0.267. The second-order valence-electron chi connectivity index (χ2n) is 3.58. The average Bonchev–Trinajstić information content (AvgIpc) is 2.03. The van der Waals surface area contributed by atoms with Crippen LogP contribution in [0.25, 0.3) is 0 Å². The van der Waals surface area contributed by atoms with E-state index in [1.165, 1.54) is 25.3 Å². The summed E-state index contributed by atoms with van der Waals surface area (Å²) in [6.07, 6.45) is 8.97. The van der Waals surface area contributed by atoms with Crippen LogP contribution in [0.4, 0.5) is 0 Å². The minimum Gasteiger partial charge on any atom is -0.271 e. The van der Waals surface area contributed by atoms with Gasteiger partial charge in [-0.25, -0.2) is 4.79 Å². The number of nitrogens with zero attached hydrogens (tertiary/aromatic N) is 1. The second kappa shape index (κ2) is 5.65. The molecule has 0 N–H and O–H groups in total. The molecule has 3 nitrogen and oxygen atoms in total. The van der Waals surface area contributed by atoms with Crippen LogP contribution in [-0.2, 0) is 9.59 Å². The van der Waals surface area contributed by atoms with Gasteiger partial charge >= 0.3 is 0 Å². The summed E-state index contributed by atoms with van der Waals surface area (Å²) in [5.74, 6) is -0.279. The van der Waals surface area contributed by atoms with Crippen molar-refractivity contribution in [2.24, 2.45) is 10.9 Å². The molecule has 1 amide bonds. The van der Waals surface area contributed by atoms with E-state index in [9.17, 15) is 9.59 Å². The molecule has 0 aromatic rings. The maximum absolute atomic E-state index is 11.2. The first-order valence-electron chi connectivity index (χ1n) is 4.96. The zero-order valence-electron chi connectivity index (χ0n) is 7.79. The molecule has 0 saturated heterocycles. The molecule has 0 unspecified atom stereocenters. The zero-order chi connectivity index (χ0) is 9.52. The van der Waals surface area contributed by atoms with Crippen LogP contribution in [-0.4, -0.2) is 12.0 Å². The molecular weight excluding hydrogens is 166 g/mol. The van der Waals surface area contributed by atoms with Crippen molar-refractivity contribution in [1.29, 1.82) is 0 Å². The van der Waals surface area contributed by atoms with E-state index in [1.807, 2.05) is 0 Å². The van der Waals surface area contributed by atoms with Crippen molar-refractivity contribution in [3.05, 3.63) is 0 Å². The van der Waals surface area contributed by atoms with Crippen molar-refractivity contribution in [2.75, 3.05) is 0 Å². The molecule has 1 fully saturated rings. The molecule has 13 heavy (non-hydrogen) atoms. The first kappa shape index (κ1) is 10.1. The summed E-state index contributed by atoms with van der Waals surface area (Å²) in [6, 6.07) is 0. The van der Waals surface area contributed by atoms with Crippen molar-refractivity contribution in [3.63, 3.8) is 0 Å². The lowest BCUT2D eigenvalue weighted by molar-refractivity contribution is -0.122. The number of carbonyl (C=O) groups is 1. The van der Waals surface area contributed by atoms with Gasteiger partial charge in [0.2, 0.25) is 6.08 Å². The Morgan fingerprint density at radius 3 is 2.15 bits per heavy atom. The molecule has 0 aliphatic heterocycles. The maximum Gasteiger partial charge on any atom is 0.259 e. The number of carbonyl (C=O) groups excluding carboxylic acids is 2. The lowest BCUT2D eigenvalue weighted by Gasteiger charge is -2.15. The third kappa shape index (κ3) is 3.51. The van der Waals surface area contributed by atoms with Gasteiger partial charge in [0.25, 0.3) is 5.91 Å². The molecule has 0 radical (unpaired) electrons. The molecule has 3 heteroatoms. The van der Waals surface area contributed by atoms with Crippen molar-refractivity contribution >= 4 is 12.0 Å². The minimum absolute atomic E-state index is 0.0123. The van der Waals surface area contributed by atoms with E-state index in [4.69, 9.17) is 0 Å². The number of hydrogen-bond donors (Lipinski definition) is 0. The molecule has 1 aliphatic carbocycles. The first-order valence-corrected chi connectivity index (χ1v) is 4.96. The fraction of sp³-hybridized carbons (Fsp3) is 0.800. The second-order valence-corrected chi connectivity index (χ2v) is 3.58. The molecule has 1 saturated carbocycles. The Hall–Kier alpha value is -0.950. The van der Waals surface area contributed by atoms with Gasteiger partial charge in [-0.3, -0.25) is 4.79 Å². The smallest absolute Gasteiger partial charge is 0.259 e. The summed E-state index contributed by atoms with van der Waals surface area (Å²) < 4.78 is 0. The van der Waals surface area contributed by atoms with Crippen molar-refractivity contribution in [1.82, 2.24) is 0 Å². The van der Waals surface area contributed by atoms with Crippen molar-refractivity contribution in [2.45, 2.75) is 44.9 Å². The van der Waals surface area contributed by atoms with E-state index in [1.54, 1.807) is 0 Å². The van der Waals surface area contributed by atoms with E-state index in [2.05, 4.69) is 4.99 Å². The predicted molar refractivity (Wildman–Crippen MR) is 48.9 cm³/mol. The maximum atomic E-state index is 11.2. The quantitative estimate of drug-likeness (QED) is 0.460. The van der Waals surface area contributed by atoms with E-state index >= 15 is 0 Å². The van der Waals surface area contributed by atoms with E-state index in [0.29, 0.717) is 0 Å².